The van der Waals surface area contributed by atoms with Crippen molar-refractivity contribution in [2.24, 2.45) is 0 Å². The van der Waals surface area contributed by atoms with Crippen molar-refractivity contribution < 1.29 is 14.3 Å². The van der Waals surface area contributed by atoms with Crippen molar-refractivity contribution in [3.8, 4) is 5.75 Å². The molecule has 0 spiro atoms. The maximum absolute atomic E-state index is 11.7. The first-order chi connectivity index (χ1) is 9.61. The van der Waals surface area contributed by atoms with Gasteiger partial charge in [-0.15, -0.1) is 0 Å². The normalized spacial score (nSPS) is 10.1. The predicted octanol–water partition coefficient (Wildman–Crippen LogP) is 2.94. The smallest absolute Gasteiger partial charge is 0.341 e. The van der Waals surface area contributed by atoms with Crippen LogP contribution in [-0.2, 0) is 11.3 Å². The van der Waals surface area contributed by atoms with Crippen molar-refractivity contribution in [1.29, 1.82) is 0 Å². The minimum Gasteiger partial charge on any atom is -0.488 e. The maximum Gasteiger partial charge on any atom is 0.341 e. The number of rotatable bonds is 4. The van der Waals surface area contributed by atoms with E-state index < -0.39 is 5.97 Å². The Morgan fingerprint density at radius 3 is 2.65 bits per heavy atom. The molecule has 0 aliphatic carbocycles. The van der Waals surface area contributed by atoms with Crippen LogP contribution in [0.1, 0.15) is 21.5 Å². The second-order valence-electron chi connectivity index (χ2n) is 4.46. The van der Waals surface area contributed by atoms with Crippen LogP contribution in [0.25, 0.3) is 0 Å². The van der Waals surface area contributed by atoms with Crippen LogP contribution < -0.4 is 10.5 Å². The first kappa shape index (κ1) is 13.9. The highest BCUT2D eigenvalue weighted by molar-refractivity contribution is 5.93. The second-order valence-corrected chi connectivity index (χ2v) is 4.46. The summed E-state index contributed by atoms with van der Waals surface area (Å²) in [6.45, 7) is 2.39. The second kappa shape index (κ2) is 6.10. The van der Waals surface area contributed by atoms with Crippen molar-refractivity contribution >= 4 is 11.7 Å². The molecule has 2 rings (SSSR count). The monoisotopic (exact) mass is 271 g/mol. The van der Waals surface area contributed by atoms with E-state index in [1.807, 2.05) is 31.2 Å². The molecule has 0 aliphatic rings. The Balaban J connectivity index is 2.22. The maximum atomic E-state index is 11.7. The molecule has 2 N–H and O–H groups in total. The Morgan fingerprint density at radius 1 is 1.20 bits per heavy atom. The van der Waals surface area contributed by atoms with Gasteiger partial charge >= 0.3 is 5.97 Å². The minimum absolute atomic E-state index is 0.371. The Morgan fingerprint density at radius 2 is 1.95 bits per heavy atom. The average molecular weight is 271 g/mol. The number of ether oxygens (including phenoxy) is 2. The first-order valence-corrected chi connectivity index (χ1v) is 6.27. The van der Waals surface area contributed by atoms with Crippen molar-refractivity contribution in [2.75, 3.05) is 12.8 Å². The van der Waals surface area contributed by atoms with Crippen LogP contribution in [-0.4, -0.2) is 13.1 Å². The van der Waals surface area contributed by atoms with Gasteiger partial charge in [-0.25, -0.2) is 4.79 Å². The van der Waals surface area contributed by atoms with Gasteiger partial charge in [-0.1, -0.05) is 24.3 Å². The van der Waals surface area contributed by atoms with E-state index in [1.165, 1.54) is 7.11 Å². The summed E-state index contributed by atoms with van der Waals surface area (Å²) in [4.78, 5) is 11.7. The van der Waals surface area contributed by atoms with E-state index in [0.29, 0.717) is 23.6 Å². The molecule has 104 valence electrons. The molecule has 0 heterocycles. The van der Waals surface area contributed by atoms with Gasteiger partial charge in [0.1, 0.15) is 17.9 Å². The molecule has 0 saturated heterocycles. The number of nitrogen functional groups attached to an aromatic ring is 1. The van der Waals surface area contributed by atoms with E-state index in [1.54, 1.807) is 18.2 Å². The molecule has 0 amide bonds. The van der Waals surface area contributed by atoms with E-state index in [4.69, 9.17) is 15.2 Å². The van der Waals surface area contributed by atoms with Crippen LogP contribution in [0.2, 0.25) is 0 Å². The van der Waals surface area contributed by atoms with Gasteiger partial charge in [0.25, 0.3) is 0 Å². The van der Waals surface area contributed by atoms with E-state index in [9.17, 15) is 4.79 Å². The van der Waals surface area contributed by atoms with Crippen molar-refractivity contribution in [1.82, 2.24) is 0 Å². The highest BCUT2D eigenvalue weighted by atomic mass is 16.5. The molecule has 4 nitrogen and oxygen atoms in total. The number of aryl methyl sites for hydroxylation is 1. The fourth-order valence-electron chi connectivity index (χ4n) is 1.86. The first-order valence-electron chi connectivity index (χ1n) is 6.27. The zero-order valence-electron chi connectivity index (χ0n) is 11.6. The van der Waals surface area contributed by atoms with E-state index in [-0.39, 0.29) is 0 Å². The van der Waals surface area contributed by atoms with Gasteiger partial charge in [0.05, 0.1) is 7.11 Å². The fraction of sp³-hybridized carbons (Fsp3) is 0.188. The lowest BCUT2D eigenvalue weighted by Gasteiger charge is -2.12. The molecule has 2 aromatic carbocycles. The lowest BCUT2D eigenvalue weighted by Crippen LogP contribution is -2.07. The van der Waals surface area contributed by atoms with Gasteiger partial charge in [0.15, 0.2) is 0 Å². The van der Waals surface area contributed by atoms with Crippen LogP contribution in [0.4, 0.5) is 5.69 Å². The molecule has 0 radical (unpaired) electrons. The Hall–Kier alpha value is -2.49. The largest absolute Gasteiger partial charge is 0.488 e. The van der Waals surface area contributed by atoms with Gasteiger partial charge in [-0.3, -0.25) is 0 Å². The van der Waals surface area contributed by atoms with Gasteiger partial charge < -0.3 is 15.2 Å². The summed E-state index contributed by atoms with van der Waals surface area (Å²) in [6.07, 6.45) is 0. The summed E-state index contributed by atoms with van der Waals surface area (Å²) < 4.78 is 10.5. The molecular weight excluding hydrogens is 254 g/mol. The fourth-order valence-corrected chi connectivity index (χ4v) is 1.86. The number of carbonyl (C=O) groups is 1. The van der Waals surface area contributed by atoms with Crippen molar-refractivity contribution in [3.63, 3.8) is 0 Å². The van der Waals surface area contributed by atoms with Crippen LogP contribution >= 0.6 is 0 Å². The van der Waals surface area contributed by atoms with Crippen LogP contribution in [0, 0.1) is 6.92 Å². The van der Waals surface area contributed by atoms with Crippen LogP contribution in [0.3, 0.4) is 0 Å². The standard InChI is InChI=1S/C16H17NO3/c1-11-5-3-4-6-12(11)10-20-15-9-13(17)7-8-14(15)16(18)19-2/h3-9H,10,17H2,1-2H3. The van der Waals surface area contributed by atoms with Gasteiger partial charge in [-0.05, 0) is 30.2 Å². The Labute approximate surface area is 118 Å². The molecule has 0 bridgehead atoms. The zero-order valence-corrected chi connectivity index (χ0v) is 11.6. The molecule has 0 atom stereocenters. The number of nitrogens with two attached hydrogens (primary N) is 1. The minimum atomic E-state index is -0.440. The third kappa shape index (κ3) is 3.09. The summed E-state index contributed by atoms with van der Waals surface area (Å²) in [5.74, 6) is -0.00936. The molecule has 0 aliphatic heterocycles. The predicted molar refractivity (Wildman–Crippen MR) is 77.7 cm³/mol. The van der Waals surface area contributed by atoms with Gasteiger partial charge in [-0.2, -0.15) is 0 Å². The number of anilines is 1. The summed E-state index contributed by atoms with van der Waals surface area (Å²) >= 11 is 0. The quantitative estimate of drug-likeness (QED) is 0.686. The third-order valence-corrected chi connectivity index (χ3v) is 3.06. The van der Waals surface area contributed by atoms with Gasteiger partial charge in [0, 0.05) is 11.8 Å². The van der Waals surface area contributed by atoms with E-state index in [2.05, 4.69) is 0 Å². The molecule has 20 heavy (non-hydrogen) atoms. The summed E-state index contributed by atoms with van der Waals surface area (Å²) in [5, 5.41) is 0. The van der Waals surface area contributed by atoms with Crippen LogP contribution in [0.5, 0.6) is 5.75 Å². The van der Waals surface area contributed by atoms with Crippen LogP contribution in [0.15, 0.2) is 42.5 Å². The molecule has 0 fully saturated rings. The van der Waals surface area contributed by atoms with Gasteiger partial charge in [0.2, 0.25) is 0 Å². The molecule has 4 heteroatoms. The molecule has 0 unspecified atom stereocenters. The number of hydrogen-bond donors (Lipinski definition) is 1. The molecular formula is C16H17NO3. The topological polar surface area (TPSA) is 61.5 Å². The van der Waals surface area contributed by atoms with Crippen molar-refractivity contribution in [2.45, 2.75) is 13.5 Å². The average Bonchev–Trinajstić information content (AvgIpc) is 2.46. The summed E-state index contributed by atoms with van der Waals surface area (Å²) in [5.41, 5.74) is 8.84. The van der Waals surface area contributed by atoms with E-state index >= 15 is 0 Å². The lowest BCUT2D eigenvalue weighted by atomic mass is 10.1. The Bertz CT molecular complexity index is 623. The molecule has 2 aromatic rings. The highest BCUT2D eigenvalue weighted by Crippen LogP contribution is 2.24. The van der Waals surface area contributed by atoms with E-state index in [0.717, 1.165) is 11.1 Å². The number of esters is 1. The number of hydrogen-bond acceptors (Lipinski definition) is 4. The Kier molecular flexibility index (Phi) is 4.25. The zero-order chi connectivity index (χ0) is 14.5. The highest BCUT2D eigenvalue weighted by Gasteiger charge is 2.13. The number of benzene rings is 2. The summed E-state index contributed by atoms with van der Waals surface area (Å²) in [6, 6.07) is 12.8. The SMILES string of the molecule is COC(=O)c1ccc(N)cc1OCc1ccccc1C. The summed E-state index contributed by atoms with van der Waals surface area (Å²) in [7, 11) is 1.34. The number of methoxy groups -OCH3 is 1. The molecule has 0 saturated carbocycles. The molecule has 0 aromatic heterocycles. The number of carbonyl (C=O) groups excluding carboxylic acids is 1. The third-order valence-electron chi connectivity index (χ3n) is 3.06. The van der Waals surface area contributed by atoms with Crippen molar-refractivity contribution in [3.05, 3.63) is 59.2 Å². The lowest BCUT2D eigenvalue weighted by molar-refractivity contribution is 0.0595.